The van der Waals surface area contributed by atoms with Crippen molar-refractivity contribution < 1.29 is 17.9 Å². The third-order valence-corrected chi connectivity index (χ3v) is 3.18. The zero-order chi connectivity index (χ0) is 15.6. The highest BCUT2D eigenvalue weighted by atomic mass is 35.5. The Morgan fingerprint density at radius 1 is 1.10 bits per heavy atom. The molecule has 1 heterocycles. The second-order valence-electron chi connectivity index (χ2n) is 4.31. The van der Waals surface area contributed by atoms with Crippen LogP contribution in [0.25, 0.3) is 11.1 Å². The van der Waals surface area contributed by atoms with Crippen LogP contribution in [0.4, 0.5) is 13.2 Å². The molecule has 0 aliphatic heterocycles. The van der Waals surface area contributed by atoms with Crippen molar-refractivity contribution in [2.45, 2.75) is 19.2 Å². The van der Waals surface area contributed by atoms with E-state index in [4.69, 9.17) is 27.9 Å². The number of hydrogen-bond acceptors (Lipinski definition) is 2. The molecule has 0 spiro atoms. The van der Waals surface area contributed by atoms with Gasteiger partial charge < -0.3 is 4.74 Å². The van der Waals surface area contributed by atoms with E-state index >= 15 is 0 Å². The van der Waals surface area contributed by atoms with Gasteiger partial charge >= 0.3 is 6.18 Å². The Kier molecular flexibility index (Phi) is 4.64. The summed E-state index contributed by atoms with van der Waals surface area (Å²) in [5, 5.41) is 0.812. The minimum atomic E-state index is -4.47. The van der Waals surface area contributed by atoms with Gasteiger partial charge in [-0.15, -0.1) is 0 Å². The summed E-state index contributed by atoms with van der Waals surface area (Å²) in [7, 11) is 0. The summed E-state index contributed by atoms with van der Waals surface area (Å²) in [5.74, 6) is -0.133. The average Bonchev–Trinajstić information content (AvgIpc) is 2.40. The normalized spacial score (nSPS) is 13.0. The van der Waals surface area contributed by atoms with Crippen LogP contribution >= 0.6 is 23.2 Å². The molecule has 112 valence electrons. The number of nitrogens with zero attached hydrogens (tertiary/aromatic N) is 1. The van der Waals surface area contributed by atoms with Gasteiger partial charge in [-0.25, -0.2) is 4.98 Å². The lowest BCUT2D eigenvalue weighted by Gasteiger charge is -2.19. The van der Waals surface area contributed by atoms with E-state index in [2.05, 4.69) is 4.98 Å². The van der Waals surface area contributed by atoms with Crippen LogP contribution in [0.3, 0.4) is 0 Å². The Bertz CT molecular complexity index is 629. The highest BCUT2D eigenvalue weighted by Gasteiger charge is 2.38. The second kappa shape index (κ2) is 6.12. The predicted molar refractivity (Wildman–Crippen MR) is 75.8 cm³/mol. The summed E-state index contributed by atoms with van der Waals surface area (Å²) in [5.41, 5.74) is 0.981. The minimum absolute atomic E-state index is 0.133. The molecular weight excluding hydrogens is 326 g/mol. The largest absolute Gasteiger partial charge is 0.465 e. The molecule has 0 saturated carbocycles. The fraction of sp³-hybridized carbons (Fsp3) is 0.214. The van der Waals surface area contributed by atoms with E-state index in [0.29, 0.717) is 21.2 Å². The first-order valence-electron chi connectivity index (χ1n) is 5.92. The molecule has 2 nitrogen and oxygen atoms in total. The summed E-state index contributed by atoms with van der Waals surface area (Å²) in [6.45, 7) is 0.919. The molecule has 0 amide bonds. The Labute approximate surface area is 129 Å². The molecular formula is C14H10Cl2F3NO. The van der Waals surface area contributed by atoms with Crippen LogP contribution in [0.1, 0.15) is 6.92 Å². The van der Waals surface area contributed by atoms with Crippen molar-refractivity contribution in [3.8, 4) is 17.0 Å². The standard InChI is InChI=1S/C14H10Cl2F3NO/c1-8(14(17,18)19)21-13-12(6-11(16)7-20-13)9-2-4-10(15)5-3-9/h2-8H,1H3. The van der Waals surface area contributed by atoms with Crippen LogP contribution in [0.2, 0.25) is 10.0 Å². The summed E-state index contributed by atoms with van der Waals surface area (Å²) in [4.78, 5) is 3.84. The van der Waals surface area contributed by atoms with Crippen molar-refractivity contribution >= 4 is 23.2 Å². The van der Waals surface area contributed by atoms with E-state index in [-0.39, 0.29) is 5.88 Å². The maximum atomic E-state index is 12.6. The van der Waals surface area contributed by atoms with E-state index in [1.54, 1.807) is 24.3 Å². The first-order chi connectivity index (χ1) is 9.77. The maximum Gasteiger partial charge on any atom is 0.425 e. The zero-order valence-corrected chi connectivity index (χ0v) is 12.3. The molecule has 2 aromatic rings. The number of halogens is 5. The molecule has 0 aliphatic rings. The number of benzene rings is 1. The van der Waals surface area contributed by atoms with E-state index in [1.807, 2.05) is 0 Å². The van der Waals surface area contributed by atoms with Crippen molar-refractivity contribution in [2.24, 2.45) is 0 Å². The third-order valence-electron chi connectivity index (χ3n) is 2.72. The van der Waals surface area contributed by atoms with Gasteiger partial charge in [0.15, 0.2) is 6.10 Å². The highest BCUT2D eigenvalue weighted by Crippen LogP contribution is 2.33. The lowest BCUT2D eigenvalue weighted by molar-refractivity contribution is -0.189. The summed E-state index contributed by atoms with van der Waals surface area (Å²) < 4.78 is 42.7. The maximum absolute atomic E-state index is 12.6. The molecule has 1 aromatic carbocycles. The third kappa shape index (κ3) is 4.02. The van der Waals surface area contributed by atoms with Gasteiger partial charge in [-0.05, 0) is 30.7 Å². The Morgan fingerprint density at radius 2 is 1.71 bits per heavy atom. The summed E-state index contributed by atoms with van der Waals surface area (Å²) in [6, 6.07) is 8.04. The zero-order valence-electron chi connectivity index (χ0n) is 10.8. The first kappa shape index (κ1) is 15.9. The topological polar surface area (TPSA) is 22.1 Å². The van der Waals surface area contributed by atoms with Crippen LogP contribution in [-0.4, -0.2) is 17.3 Å². The smallest absolute Gasteiger partial charge is 0.425 e. The molecule has 0 fully saturated rings. The molecule has 2 rings (SSSR count). The van der Waals surface area contributed by atoms with Crippen LogP contribution in [-0.2, 0) is 0 Å². The van der Waals surface area contributed by atoms with Gasteiger partial charge in [-0.2, -0.15) is 13.2 Å². The molecule has 21 heavy (non-hydrogen) atoms. The number of aromatic nitrogens is 1. The average molecular weight is 336 g/mol. The van der Waals surface area contributed by atoms with Crippen LogP contribution in [0.5, 0.6) is 5.88 Å². The number of pyridine rings is 1. The van der Waals surface area contributed by atoms with Crippen molar-refractivity contribution in [1.82, 2.24) is 4.98 Å². The number of rotatable bonds is 3. The minimum Gasteiger partial charge on any atom is -0.465 e. The van der Waals surface area contributed by atoms with Crippen LogP contribution in [0.15, 0.2) is 36.5 Å². The quantitative estimate of drug-likeness (QED) is 0.750. The van der Waals surface area contributed by atoms with Gasteiger partial charge in [0, 0.05) is 16.8 Å². The SMILES string of the molecule is CC(Oc1ncc(Cl)cc1-c1ccc(Cl)cc1)C(F)(F)F. The molecule has 0 saturated heterocycles. The molecule has 0 bridgehead atoms. The van der Waals surface area contributed by atoms with Crippen molar-refractivity contribution in [1.29, 1.82) is 0 Å². The Morgan fingerprint density at radius 3 is 2.29 bits per heavy atom. The van der Waals surface area contributed by atoms with E-state index in [9.17, 15) is 13.2 Å². The molecule has 0 N–H and O–H groups in total. The number of alkyl halides is 3. The number of ether oxygens (including phenoxy) is 1. The summed E-state index contributed by atoms with van der Waals surface area (Å²) >= 11 is 11.7. The van der Waals surface area contributed by atoms with Crippen molar-refractivity contribution in [3.05, 3.63) is 46.6 Å². The molecule has 1 aromatic heterocycles. The highest BCUT2D eigenvalue weighted by molar-refractivity contribution is 6.31. The van der Waals surface area contributed by atoms with Gasteiger partial charge in [0.05, 0.1) is 5.02 Å². The predicted octanol–water partition coefficient (Wildman–Crippen LogP) is 5.39. The van der Waals surface area contributed by atoms with Crippen molar-refractivity contribution in [2.75, 3.05) is 0 Å². The monoisotopic (exact) mass is 335 g/mol. The Hall–Kier alpha value is -1.46. The fourth-order valence-electron chi connectivity index (χ4n) is 1.59. The first-order valence-corrected chi connectivity index (χ1v) is 6.68. The lowest BCUT2D eigenvalue weighted by atomic mass is 10.1. The van der Waals surface area contributed by atoms with Gasteiger partial charge in [-0.1, -0.05) is 35.3 Å². The molecule has 0 radical (unpaired) electrons. The van der Waals surface area contributed by atoms with Gasteiger partial charge in [-0.3, -0.25) is 0 Å². The van der Waals surface area contributed by atoms with Crippen LogP contribution in [0, 0.1) is 0 Å². The molecule has 7 heteroatoms. The van der Waals surface area contributed by atoms with Gasteiger partial charge in [0.25, 0.3) is 0 Å². The lowest BCUT2D eigenvalue weighted by Crippen LogP contribution is -2.31. The van der Waals surface area contributed by atoms with Gasteiger partial charge in [0.1, 0.15) is 0 Å². The molecule has 0 aliphatic carbocycles. The van der Waals surface area contributed by atoms with Gasteiger partial charge in [0.2, 0.25) is 5.88 Å². The van der Waals surface area contributed by atoms with Crippen LogP contribution < -0.4 is 4.74 Å². The number of hydrogen-bond donors (Lipinski definition) is 0. The van der Waals surface area contributed by atoms with E-state index in [1.165, 1.54) is 12.3 Å². The van der Waals surface area contributed by atoms with E-state index < -0.39 is 12.3 Å². The molecule has 1 atom stereocenters. The summed E-state index contributed by atoms with van der Waals surface area (Å²) in [6.07, 6.45) is -5.21. The molecule has 1 unspecified atom stereocenters. The Balaban J connectivity index is 2.40. The van der Waals surface area contributed by atoms with E-state index in [0.717, 1.165) is 6.92 Å². The fourth-order valence-corrected chi connectivity index (χ4v) is 1.88. The van der Waals surface area contributed by atoms with Crippen molar-refractivity contribution in [3.63, 3.8) is 0 Å². The second-order valence-corrected chi connectivity index (χ2v) is 5.19.